The van der Waals surface area contributed by atoms with E-state index in [4.69, 9.17) is 4.74 Å². The van der Waals surface area contributed by atoms with E-state index in [1.54, 1.807) is 4.90 Å². The third-order valence-electron chi connectivity index (χ3n) is 5.60. The number of anilines is 2. The van der Waals surface area contributed by atoms with Gasteiger partial charge in [-0.05, 0) is 43.3 Å². The Morgan fingerprint density at radius 1 is 1.00 bits per heavy atom. The van der Waals surface area contributed by atoms with E-state index >= 15 is 0 Å². The number of rotatable bonds is 5. The molecule has 2 heterocycles. The summed E-state index contributed by atoms with van der Waals surface area (Å²) in [5.74, 6) is 0.811. The van der Waals surface area contributed by atoms with E-state index in [1.807, 2.05) is 54.3 Å². The van der Waals surface area contributed by atoms with E-state index in [1.165, 1.54) is 5.69 Å². The van der Waals surface area contributed by atoms with E-state index in [2.05, 4.69) is 22.3 Å². The molecule has 0 radical (unpaired) electrons. The molecule has 158 valence electrons. The Labute approximate surface area is 177 Å². The molecule has 1 N–H and O–H groups in total. The van der Waals surface area contributed by atoms with Crippen LogP contribution in [0.1, 0.15) is 13.3 Å². The number of piperazine rings is 1. The molecule has 4 rings (SSSR count). The SMILES string of the molecule is CCOc1ccc(N2CC(NC(=O)N3CCN(c4ccccc4)CC3)CC2=O)cc1. The van der Waals surface area contributed by atoms with Gasteiger partial charge in [-0.2, -0.15) is 0 Å². The summed E-state index contributed by atoms with van der Waals surface area (Å²) in [6.07, 6.45) is 0.322. The van der Waals surface area contributed by atoms with Gasteiger partial charge >= 0.3 is 6.03 Å². The van der Waals surface area contributed by atoms with Crippen LogP contribution in [0.2, 0.25) is 0 Å². The summed E-state index contributed by atoms with van der Waals surface area (Å²) in [5.41, 5.74) is 2.02. The zero-order chi connectivity index (χ0) is 20.9. The first kappa shape index (κ1) is 20.1. The van der Waals surface area contributed by atoms with E-state index in [-0.39, 0.29) is 18.0 Å². The van der Waals surface area contributed by atoms with Crippen molar-refractivity contribution in [3.05, 3.63) is 54.6 Å². The summed E-state index contributed by atoms with van der Waals surface area (Å²) >= 11 is 0. The number of carbonyl (C=O) groups is 2. The molecule has 2 aliphatic rings. The second-order valence-electron chi connectivity index (χ2n) is 7.59. The molecule has 7 nitrogen and oxygen atoms in total. The van der Waals surface area contributed by atoms with E-state index < -0.39 is 0 Å². The Morgan fingerprint density at radius 2 is 1.70 bits per heavy atom. The molecule has 2 aromatic carbocycles. The normalized spacial score (nSPS) is 19.2. The molecule has 0 spiro atoms. The smallest absolute Gasteiger partial charge is 0.317 e. The van der Waals surface area contributed by atoms with Gasteiger partial charge in [-0.3, -0.25) is 4.79 Å². The highest BCUT2D eigenvalue weighted by molar-refractivity contribution is 5.96. The van der Waals surface area contributed by atoms with Gasteiger partial charge in [0.05, 0.1) is 12.6 Å². The first-order valence-electron chi connectivity index (χ1n) is 10.5. The third kappa shape index (κ3) is 4.50. The molecule has 7 heteroatoms. The molecule has 0 aromatic heterocycles. The van der Waals surface area contributed by atoms with Gasteiger partial charge in [-0.1, -0.05) is 18.2 Å². The lowest BCUT2D eigenvalue weighted by Crippen LogP contribution is -2.53. The van der Waals surface area contributed by atoms with Crippen LogP contribution in [-0.4, -0.2) is 62.2 Å². The van der Waals surface area contributed by atoms with Crippen molar-refractivity contribution in [3.8, 4) is 5.75 Å². The van der Waals surface area contributed by atoms with Crippen LogP contribution >= 0.6 is 0 Å². The highest BCUT2D eigenvalue weighted by Crippen LogP contribution is 2.24. The summed E-state index contributed by atoms with van der Waals surface area (Å²) in [7, 11) is 0. The third-order valence-corrected chi connectivity index (χ3v) is 5.60. The van der Waals surface area contributed by atoms with Crippen molar-refractivity contribution in [2.45, 2.75) is 19.4 Å². The van der Waals surface area contributed by atoms with Crippen LogP contribution < -0.4 is 19.9 Å². The highest BCUT2D eigenvalue weighted by atomic mass is 16.5. The van der Waals surface area contributed by atoms with E-state index in [9.17, 15) is 9.59 Å². The molecule has 1 unspecified atom stereocenters. The van der Waals surface area contributed by atoms with Crippen LogP contribution in [0.3, 0.4) is 0 Å². The first-order valence-corrected chi connectivity index (χ1v) is 10.5. The highest BCUT2D eigenvalue weighted by Gasteiger charge is 2.33. The van der Waals surface area contributed by atoms with Crippen molar-refractivity contribution < 1.29 is 14.3 Å². The minimum absolute atomic E-state index is 0.0263. The summed E-state index contributed by atoms with van der Waals surface area (Å²) in [5, 5.41) is 3.05. The number of nitrogens with zero attached hydrogens (tertiary/aromatic N) is 3. The fraction of sp³-hybridized carbons (Fsp3) is 0.391. The lowest BCUT2D eigenvalue weighted by atomic mass is 10.2. The molecular weight excluding hydrogens is 380 g/mol. The molecule has 0 aliphatic carbocycles. The summed E-state index contributed by atoms with van der Waals surface area (Å²) in [6, 6.07) is 17.5. The Bertz CT molecular complexity index is 864. The summed E-state index contributed by atoms with van der Waals surface area (Å²) in [4.78, 5) is 31.0. The number of hydrogen-bond donors (Lipinski definition) is 1. The maximum Gasteiger partial charge on any atom is 0.317 e. The van der Waals surface area contributed by atoms with Crippen molar-refractivity contribution >= 4 is 23.3 Å². The van der Waals surface area contributed by atoms with Gasteiger partial charge in [0, 0.05) is 50.5 Å². The van der Waals surface area contributed by atoms with Crippen LogP contribution in [0.4, 0.5) is 16.2 Å². The molecule has 2 aromatic rings. The lowest BCUT2D eigenvalue weighted by Gasteiger charge is -2.36. The standard InChI is InChI=1S/C23H28N4O3/c1-2-30-21-10-8-20(9-11-21)27-17-18(16-22(27)28)24-23(29)26-14-12-25(13-15-26)19-6-4-3-5-7-19/h3-11,18H,2,12-17H2,1H3,(H,24,29). The van der Waals surface area contributed by atoms with Crippen LogP contribution in [-0.2, 0) is 4.79 Å². The second kappa shape index (κ2) is 9.07. The van der Waals surface area contributed by atoms with Gasteiger partial charge in [0.25, 0.3) is 0 Å². The van der Waals surface area contributed by atoms with Gasteiger partial charge in [0.2, 0.25) is 5.91 Å². The van der Waals surface area contributed by atoms with Crippen LogP contribution in [0.5, 0.6) is 5.75 Å². The molecule has 2 aliphatic heterocycles. The number of nitrogens with one attached hydrogen (secondary N) is 1. The lowest BCUT2D eigenvalue weighted by molar-refractivity contribution is -0.117. The average Bonchev–Trinajstić information content (AvgIpc) is 3.15. The molecule has 0 saturated carbocycles. The largest absolute Gasteiger partial charge is 0.494 e. The Kier molecular flexibility index (Phi) is 6.07. The van der Waals surface area contributed by atoms with Crippen molar-refractivity contribution in [3.63, 3.8) is 0 Å². The van der Waals surface area contributed by atoms with Crippen molar-refractivity contribution in [2.24, 2.45) is 0 Å². The molecule has 2 saturated heterocycles. The number of amides is 3. The Morgan fingerprint density at radius 3 is 2.37 bits per heavy atom. The van der Waals surface area contributed by atoms with Crippen molar-refractivity contribution in [2.75, 3.05) is 49.1 Å². The average molecular weight is 409 g/mol. The zero-order valence-electron chi connectivity index (χ0n) is 17.3. The van der Waals surface area contributed by atoms with Crippen LogP contribution in [0, 0.1) is 0 Å². The number of hydrogen-bond acceptors (Lipinski definition) is 4. The fourth-order valence-electron chi connectivity index (χ4n) is 4.02. The fourth-order valence-corrected chi connectivity index (χ4v) is 4.02. The minimum atomic E-state index is -0.177. The van der Waals surface area contributed by atoms with E-state index in [0.717, 1.165) is 24.5 Å². The number of benzene rings is 2. The topological polar surface area (TPSA) is 65.1 Å². The Balaban J connectivity index is 1.28. The molecule has 3 amide bonds. The number of carbonyl (C=O) groups excluding carboxylic acids is 2. The van der Waals surface area contributed by atoms with Crippen molar-refractivity contribution in [1.29, 1.82) is 0 Å². The molecule has 0 bridgehead atoms. The monoisotopic (exact) mass is 408 g/mol. The quantitative estimate of drug-likeness (QED) is 0.826. The number of urea groups is 1. The van der Waals surface area contributed by atoms with Gasteiger partial charge in [-0.25, -0.2) is 4.79 Å². The summed E-state index contributed by atoms with van der Waals surface area (Å²) in [6.45, 7) is 5.98. The second-order valence-corrected chi connectivity index (χ2v) is 7.59. The summed E-state index contributed by atoms with van der Waals surface area (Å²) < 4.78 is 5.46. The molecule has 30 heavy (non-hydrogen) atoms. The van der Waals surface area contributed by atoms with Gasteiger partial charge in [0.15, 0.2) is 0 Å². The number of ether oxygens (including phenoxy) is 1. The first-order chi connectivity index (χ1) is 14.6. The molecule has 2 fully saturated rings. The van der Waals surface area contributed by atoms with Gasteiger partial charge < -0.3 is 24.8 Å². The van der Waals surface area contributed by atoms with Gasteiger partial charge in [-0.15, -0.1) is 0 Å². The molecule has 1 atom stereocenters. The maximum atomic E-state index is 12.7. The van der Waals surface area contributed by atoms with Crippen LogP contribution in [0.25, 0.3) is 0 Å². The van der Waals surface area contributed by atoms with Crippen molar-refractivity contribution in [1.82, 2.24) is 10.2 Å². The zero-order valence-corrected chi connectivity index (χ0v) is 17.3. The maximum absolute atomic E-state index is 12.7. The Hall–Kier alpha value is -3.22. The van der Waals surface area contributed by atoms with E-state index in [0.29, 0.717) is 32.7 Å². The predicted molar refractivity (Wildman–Crippen MR) is 117 cm³/mol. The van der Waals surface area contributed by atoms with Crippen LogP contribution in [0.15, 0.2) is 54.6 Å². The van der Waals surface area contributed by atoms with Gasteiger partial charge in [0.1, 0.15) is 5.75 Å². The minimum Gasteiger partial charge on any atom is -0.494 e. The molecular formula is C23H28N4O3. The number of para-hydroxylation sites is 1. The predicted octanol–water partition coefficient (Wildman–Crippen LogP) is 2.72.